The second kappa shape index (κ2) is 4.78. The lowest BCUT2D eigenvalue weighted by Crippen LogP contribution is -1.48. The van der Waals surface area contributed by atoms with Crippen molar-refractivity contribution in [2.24, 2.45) is 0 Å². The number of aryl methyl sites for hydroxylation is 1. The highest BCUT2D eigenvalue weighted by Crippen LogP contribution is 1.99. The lowest BCUT2D eigenvalue weighted by Gasteiger charge is -1.63. The monoisotopic (exact) mass is 131 g/mol. The first-order valence-electron chi connectivity index (χ1n) is 1.74. The van der Waals surface area contributed by atoms with Crippen LogP contribution in [0, 0.1) is 6.92 Å². The molecule has 0 aliphatic rings. The number of nitrogens with zero attached hydrogens (tertiary/aromatic N) is 1. The average molecular weight is 131 g/mol. The van der Waals surface area contributed by atoms with Gasteiger partial charge in [0.05, 0.1) is 5.51 Å². The molecule has 48 valence electrons. The molecule has 0 unspecified atom stereocenters. The summed E-state index contributed by atoms with van der Waals surface area (Å²) in [6, 6.07) is 0. The molecular formula is C6H13NS. The first kappa shape index (κ1) is 10.6. The molecule has 1 rings (SSSR count). The molecule has 0 bridgehead atoms. The Morgan fingerprint density at radius 1 is 1.50 bits per heavy atom. The zero-order valence-electron chi connectivity index (χ0n) is 3.51. The normalized spacial score (nSPS) is 6.62. The van der Waals surface area contributed by atoms with Gasteiger partial charge in [-0.3, -0.25) is 4.98 Å². The first-order valence-corrected chi connectivity index (χ1v) is 2.62. The van der Waals surface area contributed by atoms with E-state index < -0.39 is 0 Å². The minimum absolute atomic E-state index is 0. The largest absolute Gasteiger partial charge is 0.253 e. The summed E-state index contributed by atoms with van der Waals surface area (Å²) in [5.41, 5.74) is 1.83. The van der Waals surface area contributed by atoms with Crippen molar-refractivity contribution in [3.05, 3.63) is 16.6 Å². The Hall–Kier alpha value is -0.370. The molecule has 1 aromatic rings. The van der Waals surface area contributed by atoms with Gasteiger partial charge in [0, 0.05) is 11.1 Å². The molecule has 0 fully saturated rings. The summed E-state index contributed by atoms with van der Waals surface area (Å²) >= 11 is 1.67. The topological polar surface area (TPSA) is 12.9 Å². The maximum atomic E-state index is 3.84. The Bertz CT molecular complexity index is 112. The standard InChI is InChI=1S/C4H5NS.2CH4/c1-4-2-5-3-6-4;;/h2-3H,1H3;2*1H4. The maximum Gasteiger partial charge on any atom is 0.0794 e. The SMILES string of the molecule is C.C.Cc1cncs1. The Kier molecular flexibility index (Phi) is 6.32. The first-order chi connectivity index (χ1) is 2.89. The fraction of sp³-hybridized carbons (Fsp3) is 0.500. The number of hydrogen-bond donors (Lipinski definition) is 0. The van der Waals surface area contributed by atoms with Crippen molar-refractivity contribution in [2.45, 2.75) is 21.8 Å². The Labute approximate surface area is 55.4 Å². The quantitative estimate of drug-likeness (QED) is 0.527. The minimum Gasteiger partial charge on any atom is -0.253 e. The van der Waals surface area contributed by atoms with Crippen molar-refractivity contribution < 1.29 is 0 Å². The Morgan fingerprint density at radius 3 is 2.25 bits per heavy atom. The third-order valence-electron chi connectivity index (χ3n) is 0.556. The zero-order chi connectivity index (χ0) is 4.41. The van der Waals surface area contributed by atoms with Gasteiger partial charge in [-0.15, -0.1) is 11.3 Å². The highest BCUT2D eigenvalue weighted by molar-refractivity contribution is 7.09. The molecule has 2 heteroatoms. The van der Waals surface area contributed by atoms with Gasteiger partial charge in [0.25, 0.3) is 0 Å². The van der Waals surface area contributed by atoms with Gasteiger partial charge in [-0.05, 0) is 6.92 Å². The van der Waals surface area contributed by atoms with Crippen LogP contribution < -0.4 is 0 Å². The summed E-state index contributed by atoms with van der Waals surface area (Å²) in [6.07, 6.45) is 1.85. The molecule has 0 aromatic carbocycles. The molecule has 1 heterocycles. The Balaban J connectivity index is 0. The number of hydrogen-bond acceptors (Lipinski definition) is 2. The molecule has 0 radical (unpaired) electrons. The van der Waals surface area contributed by atoms with Gasteiger partial charge in [-0.2, -0.15) is 0 Å². The van der Waals surface area contributed by atoms with Crippen LogP contribution in [-0.2, 0) is 0 Å². The van der Waals surface area contributed by atoms with E-state index in [1.165, 1.54) is 4.88 Å². The van der Waals surface area contributed by atoms with E-state index in [9.17, 15) is 0 Å². The van der Waals surface area contributed by atoms with Crippen LogP contribution in [0.1, 0.15) is 19.7 Å². The lowest BCUT2D eigenvalue weighted by molar-refractivity contribution is 1.39. The van der Waals surface area contributed by atoms with Gasteiger partial charge in [-0.1, -0.05) is 14.9 Å². The maximum absolute atomic E-state index is 3.84. The van der Waals surface area contributed by atoms with Crippen molar-refractivity contribution >= 4 is 11.3 Å². The second-order valence-electron chi connectivity index (χ2n) is 1.11. The summed E-state index contributed by atoms with van der Waals surface area (Å²) in [4.78, 5) is 5.11. The lowest BCUT2D eigenvalue weighted by atomic mass is 10.7. The van der Waals surface area contributed by atoms with Crippen LogP contribution in [0.25, 0.3) is 0 Å². The van der Waals surface area contributed by atoms with E-state index in [0.717, 1.165) is 0 Å². The zero-order valence-corrected chi connectivity index (χ0v) is 4.33. The van der Waals surface area contributed by atoms with Crippen molar-refractivity contribution in [1.82, 2.24) is 4.98 Å². The van der Waals surface area contributed by atoms with E-state index >= 15 is 0 Å². The molecule has 0 aliphatic carbocycles. The van der Waals surface area contributed by atoms with E-state index in [1.807, 2.05) is 18.6 Å². The summed E-state index contributed by atoms with van der Waals surface area (Å²) in [5.74, 6) is 0. The third kappa shape index (κ3) is 2.75. The molecule has 1 nitrogen and oxygen atoms in total. The summed E-state index contributed by atoms with van der Waals surface area (Å²) in [7, 11) is 0. The third-order valence-corrected chi connectivity index (χ3v) is 1.26. The van der Waals surface area contributed by atoms with Gasteiger partial charge in [0.15, 0.2) is 0 Å². The fourth-order valence-electron chi connectivity index (χ4n) is 0.279. The van der Waals surface area contributed by atoms with Gasteiger partial charge in [-0.25, -0.2) is 0 Å². The van der Waals surface area contributed by atoms with Crippen molar-refractivity contribution in [1.29, 1.82) is 0 Å². The van der Waals surface area contributed by atoms with Crippen molar-refractivity contribution in [3.8, 4) is 0 Å². The van der Waals surface area contributed by atoms with Gasteiger partial charge in [0.2, 0.25) is 0 Å². The fourth-order valence-corrected chi connectivity index (χ4v) is 0.689. The van der Waals surface area contributed by atoms with Gasteiger partial charge >= 0.3 is 0 Å². The van der Waals surface area contributed by atoms with Crippen LogP contribution in [0.3, 0.4) is 0 Å². The van der Waals surface area contributed by atoms with E-state index in [1.54, 1.807) is 11.3 Å². The second-order valence-corrected chi connectivity index (χ2v) is 2.20. The molecule has 0 saturated carbocycles. The molecule has 0 spiro atoms. The number of rotatable bonds is 0. The van der Waals surface area contributed by atoms with E-state index in [2.05, 4.69) is 4.98 Å². The summed E-state index contributed by atoms with van der Waals surface area (Å²) in [6.45, 7) is 2.04. The van der Waals surface area contributed by atoms with Gasteiger partial charge < -0.3 is 0 Å². The van der Waals surface area contributed by atoms with Crippen LogP contribution in [0.4, 0.5) is 0 Å². The number of aromatic nitrogens is 1. The molecule has 0 amide bonds. The molecule has 0 atom stereocenters. The van der Waals surface area contributed by atoms with Crippen molar-refractivity contribution in [3.63, 3.8) is 0 Å². The van der Waals surface area contributed by atoms with Crippen LogP contribution in [0.5, 0.6) is 0 Å². The molecule has 0 N–H and O–H groups in total. The van der Waals surface area contributed by atoms with E-state index in [0.29, 0.717) is 0 Å². The van der Waals surface area contributed by atoms with Crippen LogP contribution in [0.15, 0.2) is 11.7 Å². The molecule has 8 heavy (non-hydrogen) atoms. The molecule has 1 aromatic heterocycles. The predicted molar refractivity (Wildman–Crippen MR) is 40.3 cm³/mol. The molecule has 0 aliphatic heterocycles. The Morgan fingerprint density at radius 2 is 2.12 bits per heavy atom. The minimum atomic E-state index is 0. The van der Waals surface area contributed by atoms with E-state index in [4.69, 9.17) is 0 Å². The highest BCUT2D eigenvalue weighted by Gasteiger charge is 1.76. The van der Waals surface area contributed by atoms with Gasteiger partial charge in [0.1, 0.15) is 0 Å². The molecule has 0 saturated heterocycles. The summed E-state index contributed by atoms with van der Waals surface area (Å²) < 4.78 is 0. The van der Waals surface area contributed by atoms with Crippen LogP contribution >= 0.6 is 11.3 Å². The van der Waals surface area contributed by atoms with Crippen LogP contribution in [-0.4, -0.2) is 4.98 Å². The van der Waals surface area contributed by atoms with Crippen molar-refractivity contribution in [2.75, 3.05) is 0 Å². The van der Waals surface area contributed by atoms with E-state index in [-0.39, 0.29) is 14.9 Å². The average Bonchev–Trinajstić information content (AvgIpc) is 1.86. The van der Waals surface area contributed by atoms with Crippen LogP contribution in [0.2, 0.25) is 0 Å². The highest BCUT2D eigenvalue weighted by atomic mass is 32.1. The predicted octanol–water partition coefficient (Wildman–Crippen LogP) is 2.72. The molecular weight excluding hydrogens is 118 g/mol. The summed E-state index contributed by atoms with van der Waals surface area (Å²) in [5, 5.41) is 0. The smallest absolute Gasteiger partial charge is 0.0794 e. The number of thiazole rings is 1.